The van der Waals surface area contributed by atoms with Gasteiger partial charge in [0.05, 0.1) is 0 Å². The Morgan fingerprint density at radius 3 is 2.24 bits per heavy atom. The number of hydrogen-bond acceptors (Lipinski definition) is 6. The normalized spacial score (nSPS) is 30.3. The van der Waals surface area contributed by atoms with Gasteiger partial charge in [0.25, 0.3) is 0 Å². The average Bonchev–Trinajstić information content (AvgIpc) is 2.73. The maximum absolute atomic E-state index is 14.6. The summed E-state index contributed by atoms with van der Waals surface area (Å²) in [6.45, 7) is 3.65. The van der Waals surface area contributed by atoms with Crippen molar-refractivity contribution in [2.75, 3.05) is 10.6 Å². The molecular weight excluding hydrogens is 465 g/mol. The van der Waals surface area contributed by atoms with E-state index in [0.717, 1.165) is 12.8 Å². The van der Waals surface area contributed by atoms with Crippen molar-refractivity contribution in [2.45, 2.75) is 81.5 Å². The van der Waals surface area contributed by atoms with Crippen LogP contribution < -0.4 is 10.6 Å². The Bertz CT molecular complexity index is 1060. The molecule has 6 nitrogen and oxygen atoms in total. The highest BCUT2D eigenvalue weighted by Crippen LogP contribution is 2.63. The summed E-state index contributed by atoms with van der Waals surface area (Å²) < 4.78 is 41.7. The van der Waals surface area contributed by atoms with Gasteiger partial charge in [-0.25, -0.2) is 18.2 Å². The van der Waals surface area contributed by atoms with Crippen LogP contribution >= 0.6 is 11.6 Å². The van der Waals surface area contributed by atoms with Crippen molar-refractivity contribution in [1.29, 1.82) is 0 Å². The SMILES string of the molecule is C=CCC1(F)CC2(CC(Nc3nc(NC4CCC(F)(F)CC4)nc(-c4cccc(Cl)n4)n3)C2)C1. The maximum Gasteiger partial charge on any atom is 0.248 e. The topological polar surface area (TPSA) is 75.6 Å². The molecule has 0 atom stereocenters. The third-order valence-electron chi connectivity index (χ3n) is 7.22. The van der Waals surface area contributed by atoms with Gasteiger partial charge < -0.3 is 10.6 Å². The van der Waals surface area contributed by atoms with E-state index in [2.05, 4.69) is 37.1 Å². The zero-order valence-electron chi connectivity index (χ0n) is 18.8. The molecule has 0 amide bonds. The van der Waals surface area contributed by atoms with Crippen LogP contribution in [0.25, 0.3) is 11.5 Å². The maximum atomic E-state index is 14.6. The number of alkyl halides is 3. The van der Waals surface area contributed by atoms with E-state index in [1.54, 1.807) is 24.3 Å². The van der Waals surface area contributed by atoms with Crippen LogP contribution in [0.3, 0.4) is 0 Å². The summed E-state index contributed by atoms with van der Waals surface area (Å²) in [4.78, 5) is 17.8. The molecule has 2 aromatic heterocycles. The summed E-state index contributed by atoms with van der Waals surface area (Å²) in [5.41, 5.74) is -0.570. The Morgan fingerprint density at radius 2 is 1.62 bits per heavy atom. The van der Waals surface area contributed by atoms with E-state index in [4.69, 9.17) is 11.6 Å². The van der Waals surface area contributed by atoms with E-state index in [-0.39, 0.29) is 30.3 Å². The summed E-state index contributed by atoms with van der Waals surface area (Å²) in [7, 11) is 0. The largest absolute Gasteiger partial charge is 0.351 e. The molecule has 2 N–H and O–H groups in total. The summed E-state index contributed by atoms with van der Waals surface area (Å²) in [6.07, 6.45) is 5.26. The molecule has 0 saturated heterocycles. The summed E-state index contributed by atoms with van der Waals surface area (Å²) >= 11 is 6.05. The van der Waals surface area contributed by atoms with Crippen molar-refractivity contribution >= 4 is 23.5 Å². The summed E-state index contributed by atoms with van der Waals surface area (Å²) in [6, 6.07) is 5.17. The third kappa shape index (κ3) is 4.99. The smallest absolute Gasteiger partial charge is 0.248 e. The lowest BCUT2D eigenvalue weighted by molar-refractivity contribution is -0.117. The second-order valence-corrected chi connectivity index (χ2v) is 10.6. The molecule has 10 heteroatoms. The van der Waals surface area contributed by atoms with E-state index in [1.807, 2.05) is 0 Å². The standard InChI is InChI=1S/C24H28ClF3N6/c1-2-8-23(26)13-22(14-23)11-16(12-22)30-21-33-19(17-4-3-5-18(25)31-17)32-20(34-21)29-15-6-9-24(27,28)10-7-15/h2-5,15-16H,1,6-14H2,(H2,29,30,32,33,34). The lowest BCUT2D eigenvalue weighted by atomic mass is 9.48. The number of halogens is 4. The second kappa shape index (κ2) is 8.66. The van der Waals surface area contributed by atoms with Crippen LogP contribution in [0.1, 0.15) is 57.8 Å². The number of allylic oxidation sites excluding steroid dienone is 1. The Labute approximate surface area is 201 Å². The molecule has 2 heterocycles. The number of anilines is 2. The highest BCUT2D eigenvalue weighted by molar-refractivity contribution is 6.29. The zero-order chi connectivity index (χ0) is 24.0. The fourth-order valence-corrected chi connectivity index (χ4v) is 5.94. The molecule has 3 saturated carbocycles. The number of nitrogens with one attached hydrogen (secondary N) is 2. The molecule has 3 fully saturated rings. The molecule has 0 unspecified atom stereocenters. The van der Waals surface area contributed by atoms with Crippen LogP contribution in [-0.4, -0.2) is 43.6 Å². The third-order valence-corrected chi connectivity index (χ3v) is 7.43. The van der Waals surface area contributed by atoms with Gasteiger partial charge in [-0.15, -0.1) is 6.58 Å². The van der Waals surface area contributed by atoms with Gasteiger partial charge in [-0.2, -0.15) is 15.0 Å². The Morgan fingerprint density at radius 1 is 0.971 bits per heavy atom. The quantitative estimate of drug-likeness (QED) is 0.353. The molecule has 0 aliphatic heterocycles. The molecular formula is C24H28ClF3N6. The molecule has 0 bridgehead atoms. The lowest BCUT2D eigenvalue weighted by Crippen LogP contribution is -2.58. The minimum atomic E-state index is -2.61. The Kier molecular flexibility index (Phi) is 5.94. The monoisotopic (exact) mass is 492 g/mol. The number of rotatable bonds is 7. The van der Waals surface area contributed by atoms with Crippen molar-refractivity contribution in [3.8, 4) is 11.5 Å². The highest BCUT2D eigenvalue weighted by Gasteiger charge is 2.60. The molecule has 3 aliphatic rings. The average molecular weight is 493 g/mol. The van der Waals surface area contributed by atoms with Crippen LogP contribution in [0.5, 0.6) is 0 Å². The van der Waals surface area contributed by atoms with Gasteiger partial charge in [-0.3, -0.25) is 0 Å². The number of nitrogens with zero attached hydrogens (tertiary/aromatic N) is 4. The Balaban J connectivity index is 1.30. The zero-order valence-corrected chi connectivity index (χ0v) is 19.6. The van der Waals surface area contributed by atoms with E-state index in [1.165, 1.54) is 0 Å². The van der Waals surface area contributed by atoms with Crippen LogP contribution in [0.2, 0.25) is 5.15 Å². The molecule has 182 valence electrons. The minimum Gasteiger partial charge on any atom is -0.351 e. The number of aromatic nitrogens is 4. The van der Waals surface area contributed by atoms with Gasteiger partial charge in [0.1, 0.15) is 16.5 Å². The predicted octanol–water partition coefficient (Wildman–Crippen LogP) is 6.22. The fraction of sp³-hybridized carbons (Fsp3) is 0.583. The van der Waals surface area contributed by atoms with Crippen molar-refractivity contribution in [1.82, 2.24) is 19.9 Å². The first-order valence-corrected chi connectivity index (χ1v) is 12.1. The van der Waals surface area contributed by atoms with E-state index < -0.39 is 11.6 Å². The number of pyridine rings is 1. The van der Waals surface area contributed by atoms with Crippen LogP contribution in [0.15, 0.2) is 30.9 Å². The molecule has 0 aromatic carbocycles. The highest BCUT2D eigenvalue weighted by atomic mass is 35.5. The van der Waals surface area contributed by atoms with Crippen molar-refractivity contribution in [3.05, 3.63) is 36.0 Å². The first kappa shape index (κ1) is 23.3. The molecule has 3 aliphatic carbocycles. The van der Waals surface area contributed by atoms with Gasteiger partial charge >= 0.3 is 0 Å². The first-order valence-electron chi connectivity index (χ1n) is 11.7. The molecule has 1 spiro atoms. The van der Waals surface area contributed by atoms with Crippen LogP contribution in [0, 0.1) is 5.41 Å². The number of hydrogen-bond donors (Lipinski definition) is 2. The minimum absolute atomic E-state index is 0.0498. The van der Waals surface area contributed by atoms with Crippen LogP contribution in [-0.2, 0) is 0 Å². The van der Waals surface area contributed by atoms with E-state index >= 15 is 0 Å². The molecule has 34 heavy (non-hydrogen) atoms. The summed E-state index contributed by atoms with van der Waals surface area (Å²) in [5.74, 6) is -1.57. The van der Waals surface area contributed by atoms with Gasteiger partial charge in [-0.05, 0) is 62.5 Å². The van der Waals surface area contributed by atoms with Crippen molar-refractivity contribution in [3.63, 3.8) is 0 Å². The van der Waals surface area contributed by atoms with E-state index in [0.29, 0.717) is 60.7 Å². The fourth-order valence-electron chi connectivity index (χ4n) is 5.77. The van der Waals surface area contributed by atoms with Crippen molar-refractivity contribution in [2.24, 2.45) is 5.41 Å². The molecule has 5 rings (SSSR count). The predicted molar refractivity (Wildman–Crippen MR) is 126 cm³/mol. The first-order chi connectivity index (χ1) is 16.1. The van der Waals surface area contributed by atoms with Gasteiger partial charge in [0.15, 0.2) is 5.82 Å². The lowest BCUT2D eigenvalue weighted by Gasteiger charge is -2.60. The van der Waals surface area contributed by atoms with E-state index in [9.17, 15) is 13.2 Å². The van der Waals surface area contributed by atoms with Crippen LogP contribution in [0.4, 0.5) is 25.1 Å². The van der Waals surface area contributed by atoms with Gasteiger partial charge in [0.2, 0.25) is 17.8 Å². The molecule has 2 aromatic rings. The Hall–Kier alpha value is -2.42. The van der Waals surface area contributed by atoms with Gasteiger partial charge in [0, 0.05) is 24.9 Å². The van der Waals surface area contributed by atoms with Gasteiger partial charge in [-0.1, -0.05) is 23.7 Å². The summed E-state index contributed by atoms with van der Waals surface area (Å²) in [5, 5.41) is 6.87. The molecule has 0 radical (unpaired) electrons. The van der Waals surface area contributed by atoms with Crippen molar-refractivity contribution < 1.29 is 13.2 Å². The second-order valence-electron chi connectivity index (χ2n) is 10.2.